The first-order chi connectivity index (χ1) is 6.15. The van der Waals surface area contributed by atoms with Gasteiger partial charge in [0.05, 0.1) is 0 Å². The molecule has 1 unspecified atom stereocenters. The summed E-state index contributed by atoms with van der Waals surface area (Å²) >= 11 is 0. The minimum absolute atomic E-state index is 0.628. The Balaban J connectivity index is 3.85. The summed E-state index contributed by atoms with van der Waals surface area (Å²) < 4.78 is 0. The molecule has 0 aromatic rings. The van der Waals surface area contributed by atoms with E-state index >= 15 is 0 Å². The number of nitrogens with one attached hydrogen (secondary N) is 1. The van der Waals surface area contributed by atoms with Crippen molar-refractivity contribution in [3.05, 3.63) is 0 Å². The van der Waals surface area contributed by atoms with Crippen molar-refractivity contribution in [3.8, 4) is 0 Å². The van der Waals surface area contributed by atoms with Gasteiger partial charge in [-0.15, -0.1) is 0 Å². The number of hydrogen-bond acceptors (Lipinski definition) is 1. The van der Waals surface area contributed by atoms with Gasteiger partial charge in [0.15, 0.2) is 0 Å². The van der Waals surface area contributed by atoms with Crippen molar-refractivity contribution in [3.63, 3.8) is 0 Å². The van der Waals surface area contributed by atoms with Crippen LogP contribution in [-0.4, -0.2) is 12.6 Å². The highest BCUT2D eigenvalue weighted by Gasteiger charge is 2.16. The summed E-state index contributed by atoms with van der Waals surface area (Å²) in [6.45, 7) is 12.6. The van der Waals surface area contributed by atoms with Crippen LogP contribution in [0.25, 0.3) is 0 Å². The van der Waals surface area contributed by atoms with Crippen molar-refractivity contribution in [2.45, 2.75) is 59.9 Å². The van der Waals surface area contributed by atoms with Gasteiger partial charge < -0.3 is 5.32 Å². The summed E-state index contributed by atoms with van der Waals surface area (Å²) in [7, 11) is 0. The van der Waals surface area contributed by atoms with Gasteiger partial charge in [-0.3, -0.25) is 0 Å². The van der Waals surface area contributed by atoms with Gasteiger partial charge in [0.1, 0.15) is 0 Å². The fourth-order valence-corrected chi connectivity index (χ4v) is 1.99. The lowest BCUT2D eigenvalue weighted by molar-refractivity contribution is 0.285. The molecule has 1 nitrogen and oxygen atoms in total. The first kappa shape index (κ1) is 13.0. The van der Waals surface area contributed by atoms with Crippen LogP contribution < -0.4 is 5.32 Å². The second-order valence-electron chi connectivity index (χ2n) is 4.31. The quantitative estimate of drug-likeness (QED) is 0.640. The van der Waals surface area contributed by atoms with Crippen molar-refractivity contribution < 1.29 is 0 Å². The van der Waals surface area contributed by atoms with E-state index in [9.17, 15) is 0 Å². The molecule has 1 atom stereocenters. The monoisotopic (exact) mass is 185 g/mol. The molecule has 0 aliphatic heterocycles. The van der Waals surface area contributed by atoms with Crippen LogP contribution in [0.2, 0.25) is 0 Å². The Morgan fingerprint density at radius 2 is 1.31 bits per heavy atom. The Morgan fingerprint density at radius 3 is 1.62 bits per heavy atom. The fraction of sp³-hybridized carbons (Fsp3) is 1.00. The van der Waals surface area contributed by atoms with Crippen LogP contribution in [0.3, 0.4) is 0 Å². The lowest BCUT2D eigenvalue weighted by atomic mass is 9.86. The van der Waals surface area contributed by atoms with Gasteiger partial charge in [-0.25, -0.2) is 0 Å². The molecule has 80 valence electrons. The second-order valence-corrected chi connectivity index (χ2v) is 4.31. The molecular weight excluding hydrogens is 158 g/mol. The average molecular weight is 185 g/mol. The van der Waals surface area contributed by atoms with Gasteiger partial charge >= 0.3 is 0 Å². The van der Waals surface area contributed by atoms with Gasteiger partial charge in [0.25, 0.3) is 0 Å². The van der Waals surface area contributed by atoms with Crippen LogP contribution in [0, 0.1) is 11.8 Å². The third kappa shape index (κ3) is 5.30. The molecule has 0 amide bonds. The van der Waals surface area contributed by atoms with Crippen molar-refractivity contribution >= 4 is 0 Å². The van der Waals surface area contributed by atoms with Crippen LogP contribution in [0.4, 0.5) is 0 Å². The predicted octanol–water partition coefficient (Wildman–Crippen LogP) is 3.45. The maximum Gasteiger partial charge on any atom is 0.00104 e. The summed E-state index contributed by atoms with van der Waals surface area (Å²) in [6, 6.07) is 0.628. The number of rotatable bonds is 7. The van der Waals surface area contributed by atoms with Crippen LogP contribution >= 0.6 is 0 Å². The molecule has 0 saturated heterocycles. The van der Waals surface area contributed by atoms with E-state index in [-0.39, 0.29) is 0 Å². The number of hydrogen-bond donors (Lipinski definition) is 1. The van der Waals surface area contributed by atoms with E-state index in [1.165, 1.54) is 25.8 Å². The molecule has 0 aliphatic carbocycles. The molecule has 0 aliphatic rings. The zero-order valence-electron chi connectivity index (χ0n) is 10.1. The van der Waals surface area contributed by atoms with Crippen LogP contribution in [0.15, 0.2) is 0 Å². The van der Waals surface area contributed by atoms with E-state index in [4.69, 9.17) is 0 Å². The second kappa shape index (κ2) is 7.37. The molecule has 0 bridgehead atoms. The highest BCUT2D eigenvalue weighted by atomic mass is 14.9. The minimum atomic E-state index is 0.628. The van der Waals surface area contributed by atoms with Crippen molar-refractivity contribution in [2.24, 2.45) is 11.8 Å². The van der Waals surface area contributed by atoms with Crippen molar-refractivity contribution in [1.82, 2.24) is 5.32 Å². The Bertz CT molecular complexity index is 106. The SMILES string of the molecule is CCC(CC)C(CC)CNC(C)C. The van der Waals surface area contributed by atoms with Crippen LogP contribution in [0.1, 0.15) is 53.9 Å². The molecule has 1 heteroatoms. The third-order valence-corrected chi connectivity index (χ3v) is 3.03. The topological polar surface area (TPSA) is 12.0 Å². The molecule has 0 rings (SSSR count). The molecule has 0 radical (unpaired) electrons. The van der Waals surface area contributed by atoms with Crippen molar-refractivity contribution in [1.29, 1.82) is 0 Å². The van der Waals surface area contributed by atoms with E-state index in [0.29, 0.717) is 6.04 Å². The first-order valence-corrected chi connectivity index (χ1v) is 5.88. The Labute approximate surface area is 84.3 Å². The van der Waals surface area contributed by atoms with Gasteiger partial charge in [0.2, 0.25) is 0 Å². The summed E-state index contributed by atoms with van der Waals surface area (Å²) in [5, 5.41) is 3.55. The maximum atomic E-state index is 3.55. The highest BCUT2D eigenvalue weighted by Crippen LogP contribution is 2.21. The van der Waals surface area contributed by atoms with E-state index in [2.05, 4.69) is 39.9 Å². The third-order valence-electron chi connectivity index (χ3n) is 3.03. The Hall–Kier alpha value is -0.0400. The Morgan fingerprint density at radius 1 is 0.846 bits per heavy atom. The summed E-state index contributed by atoms with van der Waals surface area (Å²) in [5.41, 5.74) is 0. The maximum absolute atomic E-state index is 3.55. The zero-order valence-corrected chi connectivity index (χ0v) is 10.1. The summed E-state index contributed by atoms with van der Waals surface area (Å²) in [5.74, 6) is 1.79. The smallest absolute Gasteiger partial charge is 0.00104 e. The molecule has 0 aromatic heterocycles. The van der Waals surface area contributed by atoms with Gasteiger partial charge in [-0.1, -0.05) is 53.9 Å². The average Bonchev–Trinajstić information content (AvgIpc) is 2.11. The molecule has 0 fully saturated rings. The first-order valence-electron chi connectivity index (χ1n) is 5.88. The molecule has 1 N–H and O–H groups in total. The van der Waals surface area contributed by atoms with E-state index < -0.39 is 0 Å². The van der Waals surface area contributed by atoms with E-state index in [0.717, 1.165) is 11.8 Å². The molecule has 0 aromatic carbocycles. The summed E-state index contributed by atoms with van der Waals surface area (Å²) in [4.78, 5) is 0. The molecule has 13 heavy (non-hydrogen) atoms. The summed E-state index contributed by atoms with van der Waals surface area (Å²) in [6.07, 6.45) is 3.97. The Kier molecular flexibility index (Phi) is 7.35. The van der Waals surface area contributed by atoms with E-state index in [1.807, 2.05) is 0 Å². The van der Waals surface area contributed by atoms with Crippen LogP contribution in [-0.2, 0) is 0 Å². The van der Waals surface area contributed by atoms with Gasteiger partial charge in [0, 0.05) is 6.04 Å². The van der Waals surface area contributed by atoms with Crippen molar-refractivity contribution in [2.75, 3.05) is 6.54 Å². The minimum Gasteiger partial charge on any atom is -0.314 e. The zero-order chi connectivity index (χ0) is 10.3. The van der Waals surface area contributed by atoms with Gasteiger partial charge in [-0.2, -0.15) is 0 Å². The standard InChI is InChI=1S/C12H27N/c1-6-11(7-2)12(8-3)9-13-10(4)5/h10-13H,6-9H2,1-5H3. The fourth-order valence-electron chi connectivity index (χ4n) is 1.99. The molecule has 0 spiro atoms. The molecule has 0 saturated carbocycles. The lowest BCUT2D eigenvalue weighted by Gasteiger charge is -2.25. The van der Waals surface area contributed by atoms with Crippen LogP contribution in [0.5, 0.6) is 0 Å². The van der Waals surface area contributed by atoms with E-state index in [1.54, 1.807) is 0 Å². The normalized spacial score (nSPS) is 14.1. The highest BCUT2D eigenvalue weighted by molar-refractivity contribution is 4.70. The predicted molar refractivity (Wildman–Crippen MR) is 61.0 cm³/mol. The lowest BCUT2D eigenvalue weighted by Crippen LogP contribution is -2.32. The van der Waals surface area contributed by atoms with Gasteiger partial charge in [-0.05, 0) is 18.4 Å². The largest absolute Gasteiger partial charge is 0.314 e. The molecule has 0 heterocycles. The molecular formula is C12H27N.